The lowest BCUT2D eigenvalue weighted by atomic mass is 11.1. The van der Waals surface area contributed by atoms with E-state index in [9.17, 15) is 0 Å². The Morgan fingerprint density at radius 3 is 2.20 bits per heavy atom. The van der Waals surface area contributed by atoms with E-state index in [-0.39, 0.29) is 0 Å². The molecule has 0 rings (SSSR count). The third kappa shape index (κ3) is 4.21. The third-order valence-corrected chi connectivity index (χ3v) is 0.494. The van der Waals surface area contributed by atoms with Crippen LogP contribution < -0.4 is 11.1 Å². The minimum Gasteiger partial charge on any atom is -0.303 e. The van der Waals surface area contributed by atoms with Crippen LogP contribution in [0.15, 0.2) is 0 Å². The van der Waals surface area contributed by atoms with Gasteiger partial charge in [0.1, 0.15) is 5.62 Å². The molecule has 3 N–H and O–H groups in total. The lowest BCUT2D eigenvalue weighted by molar-refractivity contribution is 0.765. The molecule has 0 aromatic rings. The van der Waals surface area contributed by atoms with Gasteiger partial charge in [0, 0.05) is 0 Å². The van der Waals surface area contributed by atoms with Gasteiger partial charge in [0.25, 0.3) is 0 Å². The summed E-state index contributed by atoms with van der Waals surface area (Å²) in [6.45, 7) is 0. The molecule has 0 amide bonds. The van der Waals surface area contributed by atoms with Crippen LogP contribution >= 0.6 is 11.6 Å². The van der Waals surface area contributed by atoms with E-state index >= 15 is 0 Å². The summed E-state index contributed by atoms with van der Waals surface area (Å²) in [7, 11) is 1.69. The number of hydrogen-bond donors (Lipinski definition) is 2. The van der Waals surface area contributed by atoms with Gasteiger partial charge >= 0.3 is 0 Å². The molecule has 0 radical (unpaired) electrons. The van der Waals surface area contributed by atoms with E-state index in [0.29, 0.717) is 0 Å². The van der Waals surface area contributed by atoms with E-state index in [1.165, 1.54) is 0 Å². The maximum absolute atomic E-state index is 5.13. The summed E-state index contributed by atoms with van der Waals surface area (Å²) in [5.74, 6) is 0. The monoisotopic (exact) mass is 94.0 g/mol. The topological polar surface area (TPSA) is 38.0 Å². The smallest absolute Gasteiger partial charge is 0.132 e. The Kier molecular flexibility index (Phi) is 2.55. The van der Waals surface area contributed by atoms with Crippen molar-refractivity contribution in [2.24, 2.45) is 5.73 Å². The molecule has 0 aliphatic heterocycles. The summed E-state index contributed by atoms with van der Waals surface area (Å²) in [5.41, 5.74) is 4.55. The van der Waals surface area contributed by atoms with Crippen molar-refractivity contribution in [1.82, 2.24) is 5.32 Å². The van der Waals surface area contributed by atoms with Gasteiger partial charge in [-0.3, -0.25) is 5.32 Å². The molecule has 3 heteroatoms. The van der Waals surface area contributed by atoms with Crippen molar-refractivity contribution < 1.29 is 0 Å². The Morgan fingerprint density at radius 1 is 2.00 bits per heavy atom. The Hall–Kier alpha value is 0.210. The molecule has 0 spiro atoms. The van der Waals surface area contributed by atoms with E-state index in [2.05, 4.69) is 5.32 Å². The first-order valence-electron chi connectivity index (χ1n) is 1.34. The zero-order chi connectivity index (χ0) is 4.28. The summed E-state index contributed by atoms with van der Waals surface area (Å²) < 4.78 is 0. The van der Waals surface area contributed by atoms with E-state index in [4.69, 9.17) is 17.3 Å². The first-order chi connectivity index (χ1) is 2.27. The molecule has 0 heterocycles. The Labute approximate surface area is 36.3 Å². The summed E-state index contributed by atoms with van der Waals surface area (Å²) in [6, 6.07) is 0. The van der Waals surface area contributed by atoms with Gasteiger partial charge in [-0.25, -0.2) is 0 Å². The predicted octanol–water partition coefficient (Wildman–Crippen LogP) is -0.313. The molecule has 32 valence electrons. The van der Waals surface area contributed by atoms with Gasteiger partial charge in [0.05, 0.1) is 0 Å². The molecule has 2 nitrogen and oxygen atoms in total. The zero-order valence-electron chi connectivity index (χ0n) is 3.03. The van der Waals surface area contributed by atoms with Crippen molar-refractivity contribution >= 4 is 11.6 Å². The molecular weight excluding hydrogens is 87.5 g/mol. The van der Waals surface area contributed by atoms with Crippen molar-refractivity contribution in [3.8, 4) is 0 Å². The highest BCUT2D eigenvalue weighted by Gasteiger charge is 1.79. The first-order valence-corrected chi connectivity index (χ1v) is 1.78. The van der Waals surface area contributed by atoms with Crippen molar-refractivity contribution in [1.29, 1.82) is 0 Å². The number of hydrogen-bond acceptors (Lipinski definition) is 2. The van der Waals surface area contributed by atoms with Gasteiger partial charge in [0.2, 0.25) is 0 Å². The van der Waals surface area contributed by atoms with E-state index in [1.807, 2.05) is 0 Å². The molecule has 5 heavy (non-hydrogen) atoms. The molecule has 0 saturated carbocycles. The van der Waals surface area contributed by atoms with Crippen LogP contribution in [0.3, 0.4) is 0 Å². The van der Waals surface area contributed by atoms with Gasteiger partial charge in [-0.1, -0.05) is 11.6 Å². The average Bonchev–Trinajstić information content (AvgIpc) is 1.38. The molecule has 0 fully saturated rings. The summed E-state index contributed by atoms with van der Waals surface area (Å²) in [6.07, 6.45) is 0. The third-order valence-electron chi connectivity index (χ3n) is 0.276. The minimum atomic E-state index is -0.394. The number of alkyl halides is 1. The maximum atomic E-state index is 5.13. The van der Waals surface area contributed by atoms with E-state index < -0.39 is 5.62 Å². The highest BCUT2D eigenvalue weighted by atomic mass is 35.5. The van der Waals surface area contributed by atoms with Crippen LogP contribution in [0.25, 0.3) is 0 Å². The van der Waals surface area contributed by atoms with Crippen LogP contribution in [0.1, 0.15) is 0 Å². The fraction of sp³-hybridized carbons (Fsp3) is 1.00. The molecule has 1 unspecified atom stereocenters. The predicted molar refractivity (Wildman–Crippen MR) is 22.9 cm³/mol. The molecule has 1 atom stereocenters. The van der Waals surface area contributed by atoms with Crippen molar-refractivity contribution in [3.63, 3.8) is 0 Å². The molecule has 0 aromatic heterocycles. The number of nitrogens with two attached hydrogens (primary N) is 1. The van der Waals surface area contributed by atoms with Crippen LogP contribution in [-0.4, -0.2) is 12.7 Å². The molecule has 0 saturated heterocycles. The largest absolute Gasteiger partial charge is 0.303 e. The fourth-order valence-electron chi connectivity index (χ4n) is 0. The SMILES string of the molecule is CNC(N)Cl. The zero-order valence-corrected chi connectivity index (χ0v) is 3.79. The summed E-state index contributed by atoms with van der Waals surface area (Å²) in [4.78, 5) is 0. The molecular formula is C2H7ClN2. The average molecular weight is 94.5 g/mol. The fourth-order valence-corrected chi connectivity index (χ4v) is 0. The lowest BCUT2D eigenvalue weighted by Crippen LogP contribution is -2.27. The minimum absolute atomic E-state index is 0.394. The second-order valence-corrected chi connectivity index (χ2v) is 1.16. The van der Waals surface area contributed by atoms with Gasteiger partial charge in [-0.2, -0.15) is 0 Å². The second-order valence-electron chi connectivity index (χ2n) is 0.690. The number of rotatable bonds is 1. The van der Waals surface area contributed by atoms with Crippen LogP contribution in [0, 0.1) is 0 Å². The van der Waals surface area contributed by atoms with Gasteiger partial charge < -0.3 is 5.73 Å². The van der Waals surface area contributed by atoms with Gasteiger partial charge in [-0.15, -0.1) is 0 Å². The molecule has 0 aromatic carbocycles. The van der Waals surface area contributed by atoms with Gasteiger partial charge in [0.15, 0.2) is 0 Å². The summed E-state index contributed by atoms with van der Waals surface area (Å²) >= 11 is 5.13. The van der Waals surface area contributed by atoms with Crippen LogP contribution in [0.4, 0.5) is 0 Å². The van der Waals surface area contributed by atoms with Crippen LogP contribution in [0.2, 0.25) is 0 Å². The second kappa shape index (κ2) is 2.45. The lowest BCUT2D eigenvalue weighted by Gasteiger charge is -1.93. The maximum Gasteiger partial charge on any atom is 0.132 e. The Morgan fingerprint density at radius 2 is 2.20 bits per heavy atom. The highest BCUT2D eigenvalue weighted by molar-refractivity contribution is 6.19. The Balaban J connectivity index is 2.54. The summed E-state index contributed by atoms with van der Waals surface area (Å²) in [5, 5.41) is 2.57. The van der Waals surface area contributed by atoms with Crippen molar-refractivity contribution in [3.05, 3.63) is 0 Å². The molecule has 0 aliphatic carbocycles. The number of halogens is 1. The first kappa shape index (κ1) is 5.21. The highest BCUT2D eigenvalue weighted by Crippen LogP contribution is 1.69. The standard InChI is InChI=1S/C2H7ClN2/c1-5-2(3)4/h2,5H,4H2,1H3. The molecule has 0 aliphatic rings. The van der Waals surface area contributed by atoms with E-state index in [1.54, 1.807) is 7.05 Å². The normalized spacial score (nSPS) is 15.0. The van der Waals surface area contributed by atoms with E-state index in [0.717, 1.165) is 0 Å². The quantitative estimate of drug-likeness (QED) is 0.266. The molecule has 0 bridgehead atoms. The van der Waals surface area contributed by atoms with Crippen LogP contribution in [0.5, 0.6) is 0 Å². The van der Waals surface area contributed by atoms with Crippen molar-refractivity contribution in [2.45, 2.75) is 5.62 Å². The van der Waals surface area contributed by atoms with Crippen LogP contribution in [-0.2, 0) is 0 Å². The number of nitrogens with one attached hydrogen (secondary N) is 1. The van der Waals surface area contributed by atoms with Gasteiger partial charge in [-0.05, 0) is 7.05 Å². The van der Waals surface area contributed by atoms with Crippen molar-refractivity contribution in [2.75, 3.05) is 7.05 Å². The Bertz CT molecular complexity index is 21.6.